The van der Waals surface area contributed by atoms with E-state index in [2.05, 4.69) is 4.98 Å². The zero-order valence-electron chi connectivity index (χ0n) is 15.0. The van der Waals surface area contributed by atoms with Gasteiger partial charge in [-0.1, -0.05) is 24.3 Å². The fraction of sp³-hybridized carbons (Fsp3) is 0.150. The number of anilines is 2. The van der Waals surface area contributed by atoms with Crippen LogP contribution in [0.15, 0.2) is 53.9 Å². The summed E-state index contributed by atoms with van der Waals surface area (Å²) >= 11 is 1.35. The first-order chi connectivity index (χ1) is 13.0. The highest BCUT2D eigenvalue weighted by atomic mass is 32.1. The zero-order chi connectivity index (χ0) is 19.4. The largest absolute Gasteiger partial charge is 0.486 e. The second kappa shape index (κ2) is 8.01. The van der Waals surface area contributed by atoms with Gasteiger partial charge in [0.05, 0.1) is 16.9 Å². The van der Waals surface area contributed by atoms with Crippen molar-refractivity contribution >= 4 is 34.0 Å². The Labute approximate surface area is 161 Å². The molecule has 0 atom stereocenters. The summed E-state index contributed by atoms with van der Waals surface area (Å²) in [6.07, 6.45) is 0. The van der Waals surface area contributed by atoms with Crippen molar-refractivity contribution in [3.8, 4) is 5.75 Å². The molecule has 2 N–H and O–H groups in total. The smallest absolute Gasteiger partial charge is 0.252 e. The highest BCUT2D eigenvalue weighted by Crippen LogP contribution is 2.30. The van der Waals surface area contributed by atoms with E-state index in [-0.39, 0.29) is 12.5 Å². The summed E-state index contributed by atoms with van der Waals surface area (Å²) in [7, 11) is 0. The number of thiazole rings is 1. The molecule has 6 nitrogen and oxygen atoms in total. The highest BCUT2D eigenvalue weighted by molar-refractivity contribution is 7.14. The number of carbonyl (C=O) groups excluding carboxylic acids is 2. The van der Waals surface area contributed by atoms with E-state index in [4.69, 9.17) is 10.5 Å². The lowest BCUT2D eigenvalue weighted by Crippen LogP contribution is -2.22. The molecule has 0 radical (unpaired) electrons. The number of aryl methyl sites for hydroxylation is 1. The number of hydrogen-bond acceptors (Lipinski definition) is 5. The lowest BCUT2D eigenvalue weighted by atomic mass is 10.2. The van der Waals surface area contributed by atoms with Gasteiger partial charge in [0.25, 0.3) is 5.91 Å². The van der Waals surface area contributed by atoms with Gasteiger partial charge in [-0.2, -0.15) is 0 Å². The van der Waals surface area contributed by atoms with Crippen LogP contribution in [0.3, 0.4) is 0 Å². The van der Waals surface area contributed by atoms with Crippen LogP contribution in [0.25, 0.3) is 0 Å². The molecule has 3 aromatic rings. The van der Waals surface area contributed by atoms with Crippen LogP contribution in [-0.4, -0.2) is 16.8 Å². The lowest BCUT2D eigenvalue weighted by molar-refractivity contribution is -0.115. The maximum atomic E-state index is 12.2. The van der Waals surface area contributed by atoms with Crippen molar-refractivity contribution in [3.63, 3.8) is 0 Å². The molecule has 1 aromatic heterocycles. The Balaban J connectivity index is 1.80. The monoisotopic (exact) mass is 381 g/mol. The third-order valence-electron chi connectivity index (χ3n) is 3.83. The molecule has 0 unspecified atom stereocenters. The normalized spacial score (nSPS) is 10.4. The van der Waals surface area contributed by atoms with Crippen LogP contribution in [0, 0.1) is 6.92 Å². The van der Waals surface area contributed by atoms with E-state index in [1.54, 1.807) is 29.2 Å². The van der Waals surface area contributed by atoms with E-state index in [0.29, 0.717) is 22.1 Å². The molecular formula is C20H19N3O3S. The molecule has 3 rings (SSSR count). The molecule has 2 aromatic carbocycles. The number of carbonyl (C=O) groups is 2. The van der Waals surface area contributed by atoms with Crippen LogP contribution in [0.4, 0.5) is 10.8 Å². The average molecular weight is 381 g/mol. The Hall–Kier alpha value is -3.19. The van der Waals surface area contributed by atoms with Gasteiger partial charge in [0.1, 0.15) is 12.4 Å². The number of amides is 2. The van der Waals surface area contributed by atoms with Crippen LogP contribution in [-0.2, 0) is 11.4 Å². The van der Waals surface area contributed by atoms with Crippen LogP contribution in [0.2, 0.25) is 0 Å². The molecule has 1 heterocycles. The van der Waals surface area contributed by atoms with Crippen molar-refractivity contribution in [1.82, 2.24) is 4.98 Å². The Morgan fingerprint density at radius 1 is 1.19 bits per heavy atom. The fourth-order valence-electron chi connectivity index (χ4n) is 2.61. The Morgan fingerprint density at radius 3 is 2.67 bits per heavy atom. The number of rotatable bonds is 6. The summed E-state index contributed by atoms with van der Waals surface area (Å²) in [5, 5.41) is 2.39. The van der Waals surface area contributed by atoms with Crippen molar-refractivity contribution < 1.29 is 14.3 Å². The molecule has 138 valence electrons. The summed E-state index contributed by atoms with van der Waals surface area (Å²) in [6.45, 7) is 3.64. The fourth-order valence-corrected chi connectivity index (χ4v) is 3.48. The van der Waals surface area contributed by atoms with Gasteiger partial charge in [-0.25, -0.2) is 4.98 Å². The Bertz CT molecular complexity index is 984. The van der Waals surface area contributed by atoms with E-state index in [1.165, 1.54) is 18.3 Å². The van der Waals surface area contributed by atoms with Gasteiger partial charge in [0.2, 0.25) is 5.91 Å². The van der Waals surface area contributed by atoms with Crippen LogP contribution in [0.1, 0.15) is 28.5 Å². The number of hydrogen-bond donors (Lipinski definition) is 1. The van der Waals surface area contributed by atoms with Crippen molar-refractivity contribution in [2.75, 3.05) is 4.90 Å². The molecule has 0 fully saturated rings. The Morgan fingerprint density at radius 2 is 1.96 bits per heavy atom. The quantitative estimate of drug-likeness (QED) is 0.703. The summed E-state index contributed by atoms with van der Waals surface area (Å²) < 4.78 is 5.70. The van der Waals surface area contributed by atoms with Gasteiger partial charge < -0.3 is 10.5 Å². The lowest BCUT2D eigenvalue weighted by Gasteiger charge is -2.18. The van der Waals surface area contributed by atoms with Gasteiger partial charge in [-0.15, -0.1) is 11.3 Å². The molecule has 0 saturated heterocycles. The molecular weight excluding hydrogens is 362 g/mol. The maximum absolute atomic E-state index is 12.2. The molecule has 0 aliphatic heterocycles. The molecule has 0 aliphatic rings. The SMILES string of the molecule is CC(=O)N(c1cccc(C)c1)c1nc(COc2ccccc2C(N)=O)cs1. The number of ether oxygens (including phenoxy) is 1. The van der Waals surface area contributed by atoms with Gasteiger partial charge in [0.15, 0.2) is 5.13 Å². The average Bonchev–Trinajstić information content (AvgIpc) is 3.08. The Kier molecular flexibility index (Phi) is 5.52. The minimum atomic E-state index is -0.549. The van der Waals surface area contributed by atoms with Gasteiger partial charge in [0, 0.05) is 12.3 Å². The first-order valence-corrected chi connectivity index (χ1v) is 9.17. The number of primary amides is 1. The van der Waals surface area contributed by atoms with E-state index >= 15 is 0 Å². The molecule has 0 spiro atoms. The van der Waals surface area contributed by atoms with E-state index in [9.17, 15) is 9.59 Å². The molecule has 0 aliphatic carbocycles. The van der Waals surface area contributed by atoms with Crippen LogP contribution >= 0.6 is 11.3 Å². The molecule has 27 heavy (non-hydrogen) atoms. The van der Waals surface area contributed by atoms with Crippen molar-refractivity contribution in [3.05, 3.63) is 70.7 Å². The molecule has 0 saturated carbocycles. The molecule has 0 bridgehead atoms. The summed E-state index contributed by atoms with van der Waals surface area (Å²) in [5.41, 5.74) is 8.16. The van der Waals surface area contributed by atoms with Gasteiger partial charge in [-0.05, 0) is 36.8 Å². The molecule has 2 amide bonds. The number of benzene rings is 2. The first-order valence-electron chi connectivity index (χ1n) is 8.29. The van der Waals surface area contributed by atoms with Crippen LogP contribution in [0.5, 0.6) is 5.75 Å². The number of nitrogens with zero attached hydrogens (tertiary/aromatic N) is 2. The third kappa shape index (κ3) is 4.32. The second-order valence-corrected chi connectivity index (χ2v) is 6.80. The van der Waals surface area contributed by atoms with E-state index in [0.717, 1.165) is 11.3 Å². The number of aromatic nitrogens is 1. The zero-order valence-corrected chi connectivity index (χ0v) is 15.8. The number of para-hydroxylation sites is 1. The van der Waals surface area contributed by atoms with Crippen molar-refractivity contribution in [2.45, 2.75) is 20.5 Å². The summed E-state index contributed by atoms with van der Waals surface area (Å²) in [5.74, 6) is -0.269. The van der Waals surface area contributed by atoms with Crippen molar-refractivity contribution in [1.29, 1.82) is 0 Å². The van der Waals surface area contributed by atoms with Gasteiger partial charge in [-0.3, -0.25) is 14.5 Å². The first kappa shape index (κ1) is 18.6. The maximum Gasteiger partial charge on any atom is 0.252 e. The predicted molar refractivity (Wildman–Crippen MR) is 105 cm³/mol. The summed E-state index contributed by atoms with van der Waals surface area (Å²) in [6, 6.07) is 14.5. The second-order valence-electron chi connectivity index (χ2n) is 5.96. The third-order valence-corrected chi connectivity index (χ3v) is 4.71. The molecule has 7 heteroatoms. The standard InChI is InChI=1S/C20H19N3O3S/c1-13-6-5-7-16(10-13)23(14(2)24)20-22-15(12-27-20)11-26-18-9-4-3-8-17(18)19(21)25/h3-10,12H,11H2,1-2H3,(H2,21,25). The van der Waals surface area contributed by atoms with E-state index in [1.807, 2.05) is 36.6 Å². The predicted octanol–water partition coefficient (Wildman–Crippen LogP) is 3.81. The number of nitrogens with two attached hydrogens (primary N) is 1. The minimum Gasteiger partial charge on any atom is -0.486 e. The van der Waals surface area contributed by atoms with E-state index < -0.39 is 5.91 Å². The topological polar surface area (TPSA) is 85.5 Å². The van der Waals surface area contributed by atoms with Crippen LogP contribution < -0.4 is 15.4 Å². The summed E-state index contributed by atoms with van der Waals surface area (Å²) in [4.78, 5) is 29.7. The van der Waals surface area contributed by atoms with Gasteiger partial charge >= 0.3 is 0 Å². The minimum absolute atomic E-state index is 0.124. The van der Waals surface area contributed by atoms with Crippen molar-refractivity contribution in [2.24, 2.45) is 5.73 Å². The highest BCUT2D eigenvalue weighted by Gasteiger charge is 2.18.